The van der Waals surface area contributed by atoms with E-state index in [0.29, 0.717) is 11.1 Å². The van der Waals surface area contributed by atoms with Gasteiger partial charge in [0.2, 0.25) is 0 Å². The fourth-order valence-electron chi connectivity index (χ4n) is 2.53. The summed E-state index contributed by atoms with van der Waals surface area (Å²) in [6.07, 6.45) is 2.76. The summed E-state index contributed by atoms with van der Waals surface area (Å²) in [6.45, 7) is -0.563. The van der Waals surface area contributed by atoms with Crippen molar-refractivity contribution >= 4 is 16.8 Å². The molecule has 0 fully saturated rings. The van der Waals surface area contributed by atoms with E-state index >= 15 is 0 Å². The molecule has 1 N–H and O–H groups in total. The Hall–Kier alpha value is -2.83. The second-order valence-electron chi connectivity index (χ2n) is 5.36. The lowest BCUT2D eigenvalue weighted by atomic mass is 10.1. The summed E-state index contributed by atoms with van der Waals surface area (Å²) in [5, 5.41) is 3.61. The van der Waals surface area contributed by atoms with E-state index < -0.39 is 6.55 Å². The average Bonchev–Trinajstić information content (AvgIpc) is 3.03. The molecule has 0 unspecified atom stereocenters. The molecule has 0 radical (unpaired) electrons. The molecule has 0 bridgehead atoms. The number of pyridine rings is 1. The summed E-state index contributed by atoms with van der Waals surface area (Å²) in [5.41, 5.74) is 1.92. The summed E-state index contributed by atoms with van der Waals surface area (Å²) in [5.74, 6) is -0.0500. The van der Waals surface area contributed by atoms with Gasteiger partial charge in [-0.25, -0.2) is 4.98 Å². The van der Waals surface area contributed by atoms with Crippen LogP contribution in [0.1, 0.15) is 28.4 Å². The molecule has 1 amide bonds. The van der Waals surface area contributed by atoms with E-state index in [9.17, 15) is 13.6 Å². The van der Waals surface area contributed by atoms with Crippen molar-refractivity contribution in [3.8, 4) is 0 Å². The first-order valence-corrected chi connectivity index (χ1v) is 7.50. The van der Waals surface area contributed by atoms with Gasteiger partial charge in [-0.3, -0.25) is 14.3 Å². The molecule has 0 saturated heterocycles. The molecule has 0 spiro atoms. The first-order valence-electron chi connectivity index (χ1n) is 7.50. The van der Waals surface area contributed by atoms with Crippen molar-refractivity contribution in [3.05, 3.63) is 59.8 Å². The van der Waals surface area contributed by atoms with Crippen LogP contribution in [0.15, 0.2) is 42.7 Å². The Morgan fingerprint density at radius 2 is 2.12 bits per heavy atom. The summed E-state index contributed by atoms with van der Waals surface area (Å²) < 4.78 is 26.3. The van der Waals surface area contributed by atoms with Crippen molar-refractivity contribution in [3.63, 3.8) is 0 Å². The number of halogens is 2. The number of nitrogens with one attached hydrogen (secondary N) is 1. The summed E-state index contributed by atoms with van der Waals surface area (Å²) in [7, 11) is 0. The number of imidazole rings is 1. The molecular weight excluding hydrogens is 314 g/mol. The van der Waals surface area contributed by atoms with E-state index in [-0.39, 0.29) is 24.7 Å². The number of para-hydroxylation sites is 1. The van der Waals surface area contributed by atoms with Gasteiger partial charge >= 0.3 is 6.55 Å². The van der Waals surface area contributed by atoms with E-state index in [1.165, 1.54) is 12.4 Å². The maximum atomic E-state index is 12.8. The molecule has 0 aliphatic rings. The van der Waals surface area contributed by atoms with Crippen LogP contribution in [0, 0.1) is 6.92 Å². The first kappa shape index (κ1) is 16.0. The number of carbonyl (C=O) groups is 1. The van der Waals surface area contributed by atoms with Crippen LogP contribution >= 0.6 is 0 Å². The predicted molar refractivity (Wildman–Crippen MR) is 86.0 cm³/mol. The molecule has 0 aliphatic carbocycles. The number of fused-ring (bicyclic) bond motifs is 1. The fraction of sp³-hybridized carbons (Fsp3) is 0.235. The Labute approximate surface area is 137 Å². The van der Waals surface area contributed by atoms with Crippen LogP contribution in [0.4, 0.5) is 8.78 Å². The largest absolute Gasteiger partial charge is 0.352 e. The third-order valence-electron chi connectivity index (χ3n) is 3.70. The first-order chi connectivity index (χ1) is 11.6. The third-order valence-corrected chi connectivity index (χ3v) is 3.70. The number of carbonyl (C=O) groups excluding carboxylic acids is 1. The zero-order chi connectivity index (χ0) is 17.1. The lowest BCUT2D eigenvalue weighted by Gasteiger charge is -2.09. The number of rotatable bonds is 5. The van der Waals surface area contributed by atoms with Crippen molar-refractivity contribution in [1.29, 1.82) is 0 Å². The molecule has 1 aromatic carbocycles. The molecule has 3 rings (SSSR count). The lowest BCUT2D eigenvalue weighted by molar-refractivity contribution is 0.0670. The Kier molecular flexibility index (Phi) is 4.50. The third kappa shape index (κ3) is 3.24. The maximum absolute atomic E-state index is 12.8. The SMILES string of the molecule is Cc1ccc2cccc(C(=O)NCCc3nccn3C(F)F)c2n1. The molecule has 2 heterocycles. The van der Waals surface area contributed by atoms with Crippen molar-refractivity contribution in [1.82, 2.24) is 19.9 Å². The quantitative estimate of drug-likeness (QED) is 0.782. The molecule has 124 valence electrons. The number of aromatic nitrogens is 3. The molecule has 0 aliphatic heterocycles. The minimum Gasteiger partial charge on any atom is -0.352 e. The monoisotopic (exact) mass is 330 g/mol. The van der Waals surface area contributed by atoms with Gasteiger partial charge in [-0.1, -0.05) is 18.2 Å². The number of hydrogen-bond acceptors (Lipinski definition) is 3. The van der Waals surface area contributed by atoms with Crippen LogP contribution in [0.3, 0.4) is 0 Å². The molecule has 0 saturated carbocycles. The Balaban J connectivity index is 1.72. The van der Waals surface area contributed by atoms with Crippen molar-refractivity contribution in [2.45, 2.75) is 19.9 Å². The van der Waals surface area contributed by atoms with Gasteiger partial charge in [-0.05, 0) is 19.1 Å². The van der Waals surface area contributed by atoms with Crippen molar-refractivity contribution < 1.29 is 13.6 Å². The van der Waals surface area contributed by atoms with E-state index in [4.69, 9.17) is 0 Å². The number of amides is 1. The minimum absolute atomic E-state index is 0.213. The van der Waals surface area contributed by atoms with E-state index in [1.807, 2.05) is 25.1 Å². The summed E-state index contributed by atoms with van der Waals surface area (Å²) in [6, 6.07) is 9.17. The fourth-order valence-corrected chi connectivity index (χ4v) is 2.53. The standard InChI is InChI=1S/C17H16F2N4O/c1-11-5-6-12-3-2-4-13(15(12)22-11)16(24)21-8-7-14-20-9-10-23(14)17(18)19/h2-6,9-10,17H,7-8H2,1H3,(H,21,24). The molecular formula is C17H16F2N4O. The van der Waals surface area contributed by atoms with E-state index in [1.54, 1.807) is 12.1 Å². The number of benzene rings is 1. The van der Waals surface area contributed by atoms with Gasteiger partial charge in [0.05, 0.1) is 11.1 Å². The highest BCUT2D eigenvalue weighted by Gasteiger charge is 2.13. The molecule has 3 aromatic rings. The number of hydrogen-bond donors (Lipinski definition) is 1. The van der Waals surface area contributed by atoms with Gasteiger partial charge in [-0.15, -0.1) is 0 Å². The number of alkyl halides is 2. The second-order valence-corrected chi connectivity index (χ2v) is 5.36. The van der Waals surface area contributed by atoms with Crippen LogP contribution < -0.4 is 5.32 Å². The van der Waals surface area contributed by atoms with E-state index in [2.05, 4.69) is 15.3 Å². The highest BCUT2D eigenvalue weighted by atomic mass is 19.3. The van der Waals surface area contributed by atoms with Crippen molar-refractivity contribution in [2.75, 3.05) is 6.54 Å². The Morgan fingerprint density at radius 3 is 2.92 bits per heavy atom. The van der Waals surface area contributed by atoms with E-state index in [0.717, 1.165) is 15.6 Å². The topological polar surface area (TPSA) is 59.8 Å². The lowest BCUT2D eigenvalue weighted by Crippen LogP contribution is -2.27. The Bertz CT molecular complexity index is 876. The number of nitrogens with zero attached hydrogens (tertiary/aromatic N) is 3. The zero-order valence-electron chi connectivity index (χ0n) is 13.0. The van der Waals surface area contributed by atoms with Crippen LogP contribution in [0.25, 0.3) is 10.9 Å². The normalized spacial score (nSPS) is 11.2. The second kappa shape index (κ2) is 6.74. The van der Waals surface area contributed by atoms with Gasteiger partial charge in [-0.2, -0.15) is 8.78 Å². The molecule has 5 nitrogen and oxygen atoms in total. The van der Waals surface area contributed by atoms with Crippen LogP contribution in [0.2, 0.25) is 0 Å². The maximum Gasteiger partial charge on any atom is 0.319 e. The van der Waals surface area contributed by atoms with Crippen LogP contribution in [-0.2, 0) is 6.42 Å². The van der Waals surface area contributed by atoms with Gasteiger partial charge in [0.1, 0.15) is 5.82 Å². The molecule has 24 heavy (non-hydrogen) atoms. The summed E-state index contributed by atoms with van der Waals surface area (Å²) >= 11 is 0. The summed E-state index contributed by atoms with van der Waals surface area (Å²) in [4.78, 5) is 20.7. The molecule has 7 heteroatoms. The number of aryl methyl sites for hydroxylation is 1. The Morgan fingerprint density at radius 1 is 1.29 bits per heavy atom. The smallest absolute Gasteiger partial charge is 0.319 e. The molecule has 0 atom stereocenters. The van der Waals surface area contributed by atoms with Gasteiger partial charge in [0.25, 0.3) is 5.91 Å². The zero-order valence-corrected chi connectivity index (χ0v) is 13.0. The average molecular weight is 330 g/mol. The molecule has 2 aromatic heterocycles. The van der Waals surface area contributed by atoms with Crippen LogP contribution in [-0.4, -0.2) is 27.0 Å². The minimum atomic E-state index is -2.64. The van der Waals surface area contributed by atoms with Crippen molar-refractivity contribution in [2.24, 2.45) is 0 Å². The van der Waals surface area contributed by atoms with Gasteiger partial charge in [0, 0.05) is 36.4 Å². The van der Waals surface area contributed by atoms with Gasteiger partial charge in [0.15, 0.2) is 0 Å². The highest BCUT2D eigenvalue weighted by Crippen LogP contribution is 2.17. The van der Waals surface area contributed by atoms with Gasteiger partial charge < -0.3 is 5.32 Å². The van der Waals surface area contributed by atoms with Crippen LogP contribution in [0.5, 0.6) is 0 Å². The highest BCUT2D eigenvalue weighted by molar-refractivity contribution is 6.05. The predicted octanol–water partition coefficient (Wildman–Crippen LogP) is 3.11.